The molecule has 18 heavy (non-hydrogen) atoms. The van der Waals surface area contributed by atoms with Crippen molar-refractivity contribution in [2.24, 2.45) is 5.73 Å². The summed E-state index contributed by atoms with van der Waals surface area (Å²) in [7, 11) is 1.52. The second-order valence-corrected chi connectivity index (χ2v) is 4.13. The molecule has 1 aromatic rings. The Morgan fingerprint density at radius 2 is 1.83 bits per heavy atom. The number of carbonyl (C=O) groups excluding carboxylic acids is 2. The molecule has 0 aliphatic rings. The van der Waals surface area contributed by atoms with Gasteiger partial charge in [-0.3, -0.25) is 9.59 Å². The molecule has 0 saturated carbocycles. The van der Waals surface area contributed by atoms with Crippen LogP contribution in [0.5, 0.6) is 0 Å². The molecule has 0 unspecified atom stereocenters. The maximum absolute atomic E-state index is 11.5. The highest BCUT2D eigenvalue weighted by atomic mass is 32.1. The quantitative estimate of drug-likeness (QED) is 0.640. The fourth-order valence-electron chi connectivity index (χ4n) is 1.30. The zero-order valence-electron chi connectivity index (χ0n) is 10.0. The van der Waals surface area contributed by atoms with E-state index in [-0.39, 0.29) is 24.8 Å². The number of hydrogen-bond acceptors (Lipinski definition) is 3. The maximum atomic E-state index is 11.5. The van der Waals surface area contributed by atoms with Crippen LogP contribution in [0, 0.1) is 0 Å². The summed E-state index contributed by atoms with van der Waals surface area (Å²) in [6.07, 6.45) is 0.217. The van der Waals surface area contributed by atoms with Crippen molar-refractivity contribution in [1.82, 2.24) is 10.6 Å². The lowest BCUT2D eigenvalue weighted by molar-refractivity contribution is -0.125. The van der Waals surface area contributed by atoms with Crippen LogP contribution >= 0.6 is 12.2 Å². The molecule has 1 rings (SSSR count). The summed E-state index contributed by atoms with van der Waals surface area (Å²) in [5.74, 6) is -0.436. The van der Waals surface area contributed by atoms with E-state index in [4.69, 9.17) is 18.0 Å². The van der Waals surface area contributed by atoms with Crippen molar-refractivity contribution in [2.75, 3.05) is 13.6 Å². The summed E-state index contributed by atoms with van der Waals surface area (Å²) < 4.78 is 0. The molecule has 6 heteroatoms. The van der Waals surface area contributed by atoms with Crippen LogP contribution in [0.4, 0.5) is 0 Å². The summed E-state index contributed by atoms with van der Waals surface area (Å²) in [6, 6.07) is 7.11. The van der Waals surface area contributed by atoms with Crippen LogP contribution in [-0.4, -0.2) is 30.4 Å². The number of thiocarbonyl (C=S) groups is 1. The van der Waals surface area contributed by atoms with Crippen LogP contribution in [0.2, 0.25) is 0 Å². The van der Waals surface area contributed by atoms with E-state index in [0.717, 1.165) is 11.1 Å². The van der Waals surface area contributed by atoms with Gasteiger partial charge in [-0.25, -0.2) is 0 Å². The molecule has 0 aromatic heterocycles. The summed E-state index contributed by atoms with van der Waals surface area (Å²) in [5, 5.41) is 4.94. The Labute approximate surface area is 111 Å². The van der Waals surface area contributed by atoms with E-state index in [9.17, 15) is 9.59 Å². The van der Waals surface area contributed by atoms with E-state index in [1.54, 1.807) is 24.3 Å². The molecule has 0 radical (unpaired) electrons. The van der Waals surface area contributed by atoms with Crippen molar-refractivity contribution in [2.45, 2.75) is 6.42 Å². The Morgan fingerprint density at radius 1 is 1.22 bits per heavy atom. The fraction of sp³-hybridized carbons (Fsp3) is 0.250. The standard InChI is InChI=1S/C12H15N3O2S/c1-14-11(17)7-15-10(16)6-8-2-4-9(5-3-8)12(13)18/h2-5H,6-7H2,1H3,(H2,13,18)(H,14,17)(H,15,16). The molecule has 0 spiro atoms. The van der Waals surface area contributed by atoms with Crippen LogP contribution in [0.15, 0.2) is 24.3 Å². The molecule has 0 aliphatic carbocycles. The monoisotopic (exact) mass is 265 g/mol. The highest BCUT2D eigenvalue weighted by molar-refractivity contribution is 7.80. The van der Waals surface area contributed by atoms with Gasteiger partial charge in [0.05, 0.1) is 13.0 Å². The molecule has 0 bridgehead atoms. The fourth-order valence-corrected chi connectivity index (χ4v) is 1.44. The Bertz CT molecular complexity index is 457. The first kappa shape index (κ1) is 14.1. The first-order chi connectivity index (χ1) is 8.52. The molecule has 0 saturated heterocycles. The molecular formula is C12H15N3O2S. The molecule has 2 amide bonds. The van der Waals surface area contributed by atoms with Gasteiger partial charge in [-0.1, -0.05) is 36.5 Å². The van der Waals surface area contributed by atoms with E-state index < -0.39 is 0 Å². The SMILES string of the molecule is CNC(=O)CNC(=O)Cc1ccc(C(N)=S)cc1. The summed E-state index contributed by atoms with van der Waals surface area (Å²) in [4.78, 5) is 22.8. The Kier molecular flexibility index (Phi) is 5.26. The maximum Gasteiger partial charge on any atom is 0.239 e. The molecule has 0 atom stereocenters. The number of nitrogens with two attached hydrogens (primary N) is 1. The van der Waals surface area contributed by atoms with Crippen molar-refractivity contribution < 1.29 is 9.59 Å². The Balaban J connectivity index is 2.49. The number of nitrogens with one attached hydrogen (secondary N) is 2. The van der Waals surface area contributed by atoms with E-state index in [2.05, 4.69) is 10.6 Å². The van der Waals surface area contributed by atoms with Gasteiger partial charge in [0.2, 0.25) is 11.8 Å². The second-order valence-electron chi connectivity index (χ2n) is 3.69. The topological polar surface area (TPSA) is 84.2 Å². The first-order valence-corrected chi connectivity index (χ1v) is 5.79. The van der Waals surface area contributed by atoms with Gasteiger partial charge in [0, 0.05) is 12.6 Å². The number of amides is 2. The lowest BCUT2D eigenvalue weighted by Crippen LogP contribution is -2.35. The van der Waals surface area contributed by atoms with Gasteiger partial charge in [0.25, 0.3) is 0 Å². The number of carbonyl (C=O) groups is 2. The third kappa shape index (κ3) is 4.50. The largest absolute Gasteiger partial charge is 0.389 e. The summed E-state index contributed by atoms with van der Waals surface area (Å²) in [6.45, 7) is -0.0136. The molecule has 96 valence electrons. The van der Waals surface area contributed by atoms with Gasteiger partial charge in [-0.05, 0) is 5.56 Å². The van der Waals surface area contributed by atoms with E-state index in [1.807, 2.05) is 0 Å². The average Bonchev–Trinajstić information content (AvgIpc) is 2.36. The van der Waals surface area contributed by atoms with Crippen molar-refractivity contribution in [1.29, 1.82) is 0 Å². The Hall–Kier alpha value is -1.95. The van der Waals surface area contributed by atoms with Gasteiger partial charge < -0.3 is 16.4 Å². The van der Waals surface area contributed by atoms with E-state index in [1.165, 1.54) is 7.05 Å². The minimum absolute atomic E-state index is 0.0136. The first-order valence-electron chi connectivity index (χ1n) is 5.39. The lowest BCUT2D eigenvalue weighted by Gasteiger charge is -2.05. The minimum Gasteiger partial charge on any atom is -0.389 e. The highest BCUT2D eigenvalue weighted by Crippen LogP contribution is 2.05. The van der Waals surface area contributed by atoms with Crippen LogP contribution in [0.1, 0.15) is 11.1 Å². The van der Waals surface area contributed by atoms with Gasteiger partial charge in [-0.2, -0.15) is 0 Å². The lowest BCUT2D eigenvalue weighted by atomic mass is 10.1. The molecule has 5 nitrogen and oxygen atoms in total. The minimum atomic E-state index is -0.229. The van der Waals surface area contributed by atoms with Crippen molar-refractivity contribution >= 4 is 29.0 Å². The molecule has 4 N–H and O–H groups in total. The van der Waals surface area contributed by atoms with Crippen molar-refractivity contribution in [3.8, 4) is 0 Å². The van der Waals surface area contributed by atoms with Crippen LogP contribution in [0.3, 0.4) is 0 Å². The number of hydrogen-bond donors (Lipinski definition) is 3. The van der Waals surface area contributed by atoms with Gasteiger partial charge in [0.1, 0.15) is 4.99 Å². The molecule has 0 heterocycles. The summed E-state index contributed by atoms with van der Waals surface area (Å²) >= 11 is 4.83. The number of rotatable bonds is 5. The normalized spacial score (nSPS) is 9.61. The second kappa shape index (κ2) is 6.70. The number of likely N-dealkylation sites (N-methyl/N-ethyl adjacent to an activating group) is 1. The smallest absolute Gasteiger partial charge is 0.239 e. The predicted octanol–water partition coefficient (Wildman–Crippen LogP) is -0.274. The molecular weight excluding hydrogens is 250 g/mol. The van der Waals surface area contributed by atoms with E-state index in [0.29, 0.717) is 4.99 Å². The third-order valence-electron chi connectivity index (χ3n) is 2.33. The predicted molar refractivity (Wildman–Crippen MR) is 73.1 cm³/mol. The zero-order chi connectivity index (χ0) is 13.5. The van der Waals surface area contributed by atoms with Crippen LogP contribution < -0.4 is 16.4 Å². The summed E-state index contributed by atoms with van der Waals surface area (Å²) in [5.41, 5.74) is 7.07. The zero-order valence-corrected chi connectivity index (χ0v) is 10.8. The van der Waals surface area contributed by atoms with Gasteiger partial charge in [0.15, 0.2) is 0 Å². The van der Waals surface area contributed by atoms with Crippen molar-refractivity contribution in [3.05, 3.63) is 35.4 Å². The average molecular weight is 265 g/mol. The highest BCUT2D eigenvalue weighted by Gasteiger charge is 2.05. The van der Waals surface area contributed by atoms with Gasteiger partial charge >= 0.3 is 0 Å². The van der Waals surface area contributed by atoms with Crippen LogP contribution in [0.25, 0.3) is 0 Å². The molecule has 0 aliphatic heterocycles. The van der Waals surface area contributed by atoms with E-state index >= 15 is 0 Å². The van der Waals surface area contributed by atoms with Crippen LogP contribution in [-0.2, 0) is 16.0 Å². The van der Waals surface area contributed by atoms with Gasteiger partial charge in [-0.15, -0.1) is 0 Å². The van der Waals surface area contributed by atoms with Crippen molar-refractivity contribution in [3.63, 3.8) is 0 Å². The Morgan fingerprint density at radius 3 is 2.33 bits per heavy atom. The molecule has 0 fully saturated rings. The third-order valence-corrected chi connectivity index (χ3v) is 2.56. The molecule has 1 aromatic carbocycles. The number of benzene rings is 1.